The maximum absolute atomic E-state index is 12.2. The second-order valence-corrected chi connectivity index (χ2v) is 7.92. The summed E-state index contributed by atoms with van der Waals surface area (Å²) in [6, 6.07) is 6.32. The van der Waals surface area contributed by atoms with Crippen LogP contribution in [0.15, 0.2) is 30.5 Å². The number of nitrogen functional groups attached to an aromatic ring is 1. The molecule has 0 bridgehead atoms. The molecule has 0 aliphatic rings. The number of carboxylic acids is 1. The molecule has 0 aliphatic carbocycles. The van der Waals surface area contributed by atoms with Gasteiger partial charge < -0.3 is 25.6 Å². The van der Waals surface area contributed by atoms with Crippen LogP contribution in [-0.4, -0.2) is 53.7 Å². The first kappa shape index (κ1) is 27.4. The summed E-state index contributed by atoms with van der Waals surface area (Å²) in [4.78, 5) is 37.2. The van der Waals surface area contributed by atoms with E-state index in [-0.39, 0.29) is 11.8 Å². The van der Waals surface area contributed by atoms with E-state index in [0.29, 0.717) is 27.9 Å². The fourth-order valence-corrected chi connectivity index (χ4v) is 2.64. The molecule has 33 heavy (non-hydrogen) atoms. The highest BCUT2D eigenvalue weighted by atomic mass is 32.1. The van der Waals surface area contributed by atoms with E-state index < -0.39 is 23.5 Å². The van der Waals surface area contributed by atoms with Crippen molar-refractivity contribution < 1.29 is 42.1 Å². The molecule has 2 aromatic rings. The van der Waals surface area contributed by atoms with Crippen LogP contribution in [0, 0.1) is 10.8 Å². The van der Waals surface area contributed by atoms with E-state index >= 15 is 0 Å². The van der Waals surface area contributed by atoms with Crippen molar-refractivity contribution in [1.82, 2.24) is 4.98 Å². The number of hydrogen-bond acceptors (Lipinski definition) is 9. The molecular formula is C19H21F3N4O6S. The Morgan fingerprint density at radius 2 is 1.76 bits per heavy atom. The molecule has 0 atom stereocenters. The SMILES string of the molecule is COC(=O)C(C)(C)CNc1ncc(C(=O)Oc2ccc(C(=N)N)cc2)s1.O=C(O)C(F)(F)F. The molecule has 0 spiro atoms. The van der Waals surface area contributed by atoms with E-state index in [9.17, 15) is 22.8 Å². The summed E-state index contributed by atoms with van der Waals surface area (Å²) in [5, 5.41) is 18.0. The number of ether oxygens (including phenoxy) is 2. The number of halogens is 3. The van der Waals surface area contributed by atoms with Crippen molar-refractivity contribution in [3.8, 4) is 5.75 Å². The molecule has 14 heteroatoms. The predicted octanol–water partition coefficient (Wildman–Crippen LogP) is 2.89. The average Bonchev–Trinajstić information content (AvgIpc) is 3.21. The van der Waals surface area contributed by atoms with Gasteiger partial charge in [-0.05, 0) is 38.1 Å². The first-order valence-corrected chi connectivity index (χ1v) is 9.74. The fourth-order valence-electron chi connectivity index (χ4n) is 1.96. The Balaban J connectivity index is 0.000000675. The van der Waals surface area contributed by atoms with Gasteiger partial charge in [-0.3, -0.25) is 10.2 Å². The second-order valence-electron chi connectivity index (χ2n) is 6.89. The lowest BCUT2D eigenvalue weighted by Crippen LogP contribution is -2.33. The fraction of sp³-hybridized carbons (Fsp3) is 0.316. The number of carbonyl (C=O) groups is 3. The number of carbonyl (C=O) groups excluding carboxylic acids is 2. The van der Waals surface area contributed by atoms with E-state index in [1.807, 2.05) is 0 Å². The van der Waals surface area contributed by atoms with Gasteiger partial charge in [0.25, 0.3) is 0 Å². The van der Waals surface area contributed by atoms with Gasteiger partial charge in [0.2, 0.25) is 0 Å². The highest BCUT2D eigenvalue weighted by Crippen LogP contribution is 2.23. The van der Waals surface area contributed by atoms with Crippen LogP contribution >= 0.6 is 11.3 Å². The number of methoxy groups -OCH3 is 1. The number of hydrogen-bond donors (Lipinski definition) is 4. The van der Waals surface area contributed by atoms with Crippen LogP contribution in [-0.2, 0) is 14.3 Å². The summed E-state index contributed by atoms with van der Waals surface area (Å²) >= 11 is 1.13. The number of carboxylic acid groups (broad SMARTS) is 1. The summed E-state index contributed by atoms with van der Waals surface area (Å²) in [5.74, 6) is -3.35. The van der Waals surface area contributed by atoms with Crippen LogP contribution in [0.3, 0.4) is 0 Å². The number of nitrogens with one attached hydrogen (secondary N) is 2. The number of amidine groups is 1. The zero-order valence-corrected chi connectivity index (χ0v) is 18.5. The number of aromatic nitrogens is 1. The first-order valence-electron chi connectivity index (χ1n) is 8.92. The maximum atomic E-state index is 12.2. The van der Waals surface area contributed by atoms with E-state index in [0.717, 1.165) is 11.3 Å². The van der Waals surface area contributed by atoms with E-state index in [4.69, 9.17) is 30.5 Å². The minimum Gasteiger partial charge on any atom is -0.475 e. The second kappa shape index (κ2) is 11.3. The van der Waals surface area contributed by atoms with Gasteiger partial charge in [-0.15, -0.1) is 0 Å². The monoisotopic (exact) mass is 490 g/mol. The van der Waals surface area contributed by atoms with Crippen molar-refractivity contribution in [2.24, 2.45) is 11.1 Å². The molecule has 5 N–H and O–H groups in total. The Kier molecular flexibility index (Phi) is 9.34. The molecule has 0 saturated carbocycles. The average molecular weight is 490 g/mol. The molecule has 10 nitrogen and oxygen atoms in total. The number of nitrogens with two attached hydrogens (primary N) is 1. The van der Waals surface area contributed by atoms with Crippen molar-refractivity contribution >= 4 is 40.2 Å². The maximum Gasteiger partial charge on any atom is 0.490 e. The molecule has 0 radical (unpaired) electrons. The molecule has 0 saturated heterocycles. The number of esters is 2. The van der Waals surface area contributed by atoms with Gasteiger partial charge in [-0.2, -0.15) is 13.2 Å². The molecular weight excluding hydrogens is 469 g/mol. The normalized spacial score (nSPS) is 11.0. The minimum absolute atomic E-state index is 0.0593. The lowest BCUT2D eigenvalue weighted by atomic mass is 9.94. The molecule has 1 heterocycles. The Morgan fingerprint density at radius 3 is 2.21 bits per heavy atom. The summed E-state index contributed by atoms with van der Waals surface area (Å²) in [6.07, 6.45) is -3.68. The van der Waals surface area contributed by atoms with Crippen LogP contribution < -0.4 is 15.8 Å². The Morgan fingerprint density at radius 1 is 1.21 bits per heavy atom. The van der Waals surface area contributed by atoms with E-state index in [1.54, 1.807) is 38.1 Å². The highest BCUT2D eigenvalue weighted by Gasteiger charge is 2.38. The van der Waals surface area contributed by atoms with Crippen molar-refractivity contribution in [1.29, 1.82) is 5.41 Å². The molecule has 0 unspecified atom stereocenters. The van der Waals surface area contributed by atoms with E-state index in [2.05, 4.69) is 10.3 Å². The third-order valence-electron chi connectivity index (χ3n) is 3.74. The van der Waals surface area contributed by atoms with Crippen molar-refractivity contribution in [3.05, 3.63) is 40.9 Å². The van der Waals surface area contributed by atoms with Crippen LogP contribution in [0.5, 0.6) is 5.75 Å². The van der Waals surface area contributed by atoms with Gasteiger partial charge >= 0.3 is 24.1 Å². The van der Waals surface area contributed by atoms with Crippen LogP contribution in [0.4, 0.5) is 18.3 Å². The minimum atomic E-state index is -5.08. The third kappa shape index (κ3) is 8.76. The zero-order valence-electron chi connectivity index (χ0n) is 17.6. The standard InChI is InChI=1S/C17H20N4O4S.C2HF3O2/c1-17(2,15(23)24-3)9-21-16-20-8-12(26-16)14(22)25-11-6-4-10(5-7-11)13(18)19;3-2(4,5)1(6)7/h4-8H,9H2,1-3H3,(H3,18,19)(H,20,21);(H,6,7). The summed E-state index contributed by atoms with van der Waals surface area (Å²) in [7, 11) is 1.34. The van der Waals surface area contributed by atoms with Gasteiger partial charge in [-0.1, -0.05) is 11.3 Å². The van der Waals surface area contributed by atoms with Crippen molar-refractivity contribution in [2.75, 3.05) is 19.0 Å². The number of rotatable bonds is 7. The number of anilines is 1. The van der Waals surface area contributed by atoms with Gasteiger partial charge in [-0.25, -0.2) is 14.6 Å². The van der Waals surface area contributed by atoms with Gasteiger partial charge in [0, 0.05) is 12.1 Å². The largest absolute Gasteiger partial charge is 0.490 e. The molecule has 0 aliphatic heterocycles. The smallest absolute Gasteiger partial charge is 0.475 e. The van der Waals surface area contributed by atoms with Gasteiger partial charge in [0.05, 0.1) is 18.7 Å². The van der Waals surface area contributed by atoms with E-state index in [1.165, 1.54) is 13.3 Å². The Labute approximate surface area is 190 Å². The number of benzene rings is 1. The predicted molar refractivity (Wildman–Crippen MR) is 113 cm³/mol. The molecule has 2 rings (SSSR count). The zero-order chi connectivity index (χ0) is 25.4. The Hall–Kier alpha value is -3.68. The first-order chi connectivity index (χ1) is 15.2. The number of nitrogens with zero attached hydrogens (tertiary/aromatic N) is 1. The van der Waals surface area contributed by atoms with Crippen molar-refractivity contribution in [2.45, 2.75) is 20.0 Å². The van der Waals surface area contributed by atoms with Crippen LogP contribution in [0.2, 0.25) is 0 Å². The highest BCUT2D eigenvalue weighted by molar-refractivity contribution is 7.17. The topological polar surface area (TPSA) is 165 Å². The number of aliphatic carboxylic acids is 1. The summed E-state index contributed by atoms with van der Waals surface area (Å²) in [6.45, 7) is 3.81. The molecule has 180 valence electrons. The molecule has 0 amide bonds. The number of thiazole rings is 1. The van der Waals surface area contributed by atoms with Crippen LogP contribution in [0.25, 0.3) is 0 Å². The molecule has 1 aromatic carbocycles. The summed E-state index contributed by atoms with van der Waals surface area (Å²) in [5.41, 5.74) is 5.20. The van der Waals surface area contributed by atoms with Gasteiger partial charge in [0.1, 0.15) is 16.5 Å². The number of alkyl halides is 3. The van der Waals surface area contributed by atoms with Crippen molar-refractivity contribution in [3.63, 3.8) is 0 Å². The molecule has 1 aromatic heterocycles. The quantitative estimate of drug-likeness (QED) is 0.198. The lowest BCUT2D eigenvalue weighted by molar-refractivity contribution is -0.192. The summed E-state index contributed by atoms with van der Waals surface area (Å²) < 4.78 is 41.7. The molecule has 0 fully saturated rings. The van der Waals surface area contributed by atoms with Gasteiger partial charge in [0.15, 0.2) is 5.13 Å². The lowest BCUT2D eigenvalue weighted by Gasteiger charge is -2.21. The third-order valence-corrected chi connectivity index (χ3v) is 4.68. The van der Waals surface area contributed by atoms with Crippen LogP contribution in [0.1, 0.15) is 29.1 Å². The Bertz CT molecular complexity index is 1010.